The number of nitrogens with one attached hydrogen (secondary N) is 1. The molecular formula is C20H32N2O3. The average Bonchev–Trinajstić information content (AvgIpc) is 2.52. The molecule has 0 bridgehead atoms. The van der Waals surface area contributed by atoms with Gasteiger partial charge in [0.2, 0.25) is 0 Å². The number of rotatable bonds is 9. The third-order valence-electron chi connectivity index (χ3n) is 3.56. The number of carbonyl (C=O) groups excluding carboxylic acids is 1. The van der Waals surface area contributed by atoms with Crippen molar-refractivity contribution < 1.29 is 14.3 Å². The van der Waals surface area contributed by atoms with Crippen molar-refractivity contribution in [2.24, 2.45) is 0 Å². The predicted octanol–water partition coefficient (Wildman–Crippen LogP) is 4.85. The van der Waals surface area contributed by atoms with Crippen LogP contribution in [0.15, 0.2) is 18.8 Å². The van der Waals surface area contributed by atoms with Crippen LogP contribution in [0.5, 0.6) is 0 Å². The van der Waals surface area contributed by atoms with Gasteiger partial charge in [-0.05, 0) is 57.7 Å². The van der Waals surface area contributed by atoms with Crippen LogP contribution in [0.3, 0.4) is 0 Å². The highest BCUT2D eigenvalue weighted by molar-refractivity contribution is 5.67. The molecule has 1 aromatic heterocycles. The largest absolute Gasteiger partial charge is 0.492 e. The number of hydrogen-bond donors (Lipinski definition) is 1. The van der Waals surface area contributed by atoms with E-state index in [1.807, 2.05) is 33.8 Å². The monoisotopic (exact) mass is 348 g/mol. The molecule has 0 aliphatic carbocycles. The lowest BCUT2D eigenvalue weighted by Gasteiger charge is -2.20. The van der Waals surface area contributed by atoms with Crippen molar-refractivity contribution in [1.82, 2.24) is 10.3 Å². The van der Waals surface area contributed by atoms with Crippen molar-refractivity contribution in [2.75, 3.05) is 6.61 Å². The maximum absolute atomic E-state index is 11.9. The lowest BCUT2D eigenvalue weighted by molar-refractivity contribution is 0.0523. The van der Waals surface area contributed by atoms with Gasteiger partial charge in [-0.15, -0.1) is 0 Å². The number of aromatic nitrogens is 1. The summed E-state index contributed by atoms with van der Waals surface area (Å²) in [6.07, 6.45) is 5.74. The Labute approximate surface area is 151 Å². The molecule has 1 rings (SSSR count). The van der Waals surface area contributed by atoms with Gasteiger partial charge in [-0.1, -0.05) is 26.3 Å². The normalized spacial score (nSPS) is 11.1. The first-order chi connectivity index (χ1) is 11.8. The predicted molar refractivity (Wildman–Crippen MR) is 101 cm³/mol. The molecule has 1 N–H and O–H groups in total. The Morgan fingerprint density at radius 3 is 2.56 bits per heavy atom. The number of pyridine rings is 1. The molecule has 0 aliphatic heterocycles. The lowest BCUT2D eigenvalue weighted by Crippen LogP contribution is -2.32. The summed E-state index contributed by atoms with van der Waals surface area (Å²) in [4.78, 5) is 16.3. The first kappa shape index (κ1) is 21.0. The van der Waals surface area contributed by atoms with Crippen molar-refractivity contribution in [3.8, 4) is 0 Å². The number of unbranched alkanes of at least 4 members (excludes halogenated alkanes) is 2. The molecular weight excluding hydrogens is 316 g/mol. The molecule has 0 aliphatic rings. The maximum Gasteiger partial charge on any atom is 0.407 e. The third kappa shape index (κ3) is 8.05. The summed E-state index contributed by atoms with van der Waals surface area (Å²) in [6.45, 7) is 14.5. The van der Waals surface area contributed by atoms with Gasteiger partial charge in [-0.25, -0.2) is 4.79 Å². The number of ether oxygens (including phenoxy) is 2. The number of carbonyl (C=O) groups is 1. The van der Waals surface area contributed by atoms with Gasteiger partial charge in [0.1, 0.15) is 17.1 Å². The Morgan fingerprint density at radius 2 is 1.96 bits per heavy atom. The van der Waals surface area contributed by atoms with Crippen LogP contribution in [-0.4, -0.2) is 23.3 Å². The number of aryl methyl sites for hydroxylation is 1. The molecule has 5 nitrogen and oxygen atoms in total. The van der Waals surface area contributed by atoms with Crippen molar-refractivity contribution in [3.05, 3.63) is 35.7 Å². The van der Waals surface area contributed by atoms with Crippen molar-refractivity contribution in [2.45, 2.75) is 72.4 Å². The zero-order chi connectivity index (χ0) is 18.9. The summed E-state index contributed by atoms with van der Waals surface area (Å²) in [7, 11) is 0. The number of hydrogen-bond acceptors (Lipinski definition) is 4. The van der Waals surface area contributed by atoms with Gasteiger partial charge < -0.3 is 14.8 Å². The first-order valence-corrected chi connectivity index (χ1v) is 9.03. The van der Waals surface area contributed by atoms with Crippen LogP contribution in [-0.2, 0) is 22.4 Å². The Balaban J connectivity index is 2.84. The van der Waals surface area contributed by atoms with Crippen LogP contribution in [0, 0.1) is 0 Å². The van der Waals surface area contributed by atoms with E-state index in [1.54, 1.807) is 6.20 Å². The van der Waals surface area contributed by atoms with Gasteiger partial charge in [0.15, 0.2) is 0 Å². The minimum absolute atomic E-state index is 0.394. The Morgan fingerprint density at radius 1 is 1.24 bits per heavy atom. The molecule has 0 spiro atoms. The molecule has 5 heteroatoms. The van der Waals surface area contributed by atoms with Crippen LogP contribution in [0.4, 0.5) is 4.79 Å². The second-order valence-electron chi connectivity index (χ2n) is 7.01. The van der Waals surface area contributed by atoms with Crippen molar-refractivity contribution in [3.63, 3.8) is 0 Å². The maximum atomic E-state index is 11.9. The molecule has 0 saturated heterocycles. The van der Waals surface area contributed by atoms with E-state index in [0.717, 1.165) is 36.1 Å². The number of alkyl carbamates (subject to hydrolysis) is 1. The molecule has 0 aromatic carbocycles. The van der Waals surface area contributed by atoms with Crippen LogP contribution < -0.4 is 5.32 Å². The van der Waals surface area contributed by atoms with E-state index in [9.17, 15) is 4.79 Å². The minimum atomic E-state index is -0.509. The van der Waals surface area contributed by atoms with E-state index in [0.29, 0.717) is 18.9 Å². The molecule has 0 radical (unpaired) electrons. The topological polar surface area (TPSA) is 60.5 Å². The fraction of sp³-hybridized carbons (Fsp3) is 0.600. The molecule has 140 valence electrons. The summed E-state index contributed by atoms with van der Waals surface area (Å²) in [6, 6.07) is 2.01. The minimum Gasteiger partial charge on any atom is -0.492 e. The van der Waals surface area contributed by atoms with Crippen molar-refractivity contribution >= 4 is 11.9 Å². The summed E-state index contributed by atoms with van der Waals surface area (Å²) >= 11 is 0. The summed E-state index contributed by atoms with van der Waals surface area (Å²) in [5.41, 5.74) is 2.39. The first-order valence-electron chi connectivity index (χ1n) is 9.03. The number of nitrogens with zero attached hydrogens (tertiary/aromatic N) is 1. The fourth-order valence-corrected chi connectivity index (χ4v) is 2.36. The molecule has 25 heavy (non-hydrogen) atoms. The summed E-state index contributed by atoms with van der Waals surface area (Å²) < 4.78 is 10.7. The van der Waals surface area contributed by atoms with E-state index in [4.69, 9.17) is 9.47 Å². The zero-order valence-corrected chi connectivity index (χ0v) is 16.3. The Hall–Kier alpha value is -2.04. The average molecular weight is 348 g/mol. The molecule has 0 unspecified atom stereocenters. The third-order valence-corrected chi connectivity index (χ3v) is 3.56. The van der Waals surface area contributed by atoms with E-state index in [-0.39, 0.29) is 0 Å². The molecule has 0 fully saturated rings. The number of amides is 1. The lowest BCUT2D eigenvalue weighted by atomic mass is 10.0. The highest BCUT2D eigenvalue weighted by Crippen LogP contribution is 2.19. The van der Waals surface area contributed by atoms with Crippen molar-refractivity contribution in [1.29, 1.82) is 0 Å². The van der Waals surface area contributed by atoms with Gasteiger partial charge in [0.05, 0.1) is 6.61 Å². The molecule has 0 atom stereocenters. The van der Waals surface area contributed by atoms with E-state index in [1.165, 1.54) is 6.42 Å². The smallest absolute Gasteiger partial charge is 0.407 e. The molecule has 1 heterocycles. The summed E-state index contributed by atoms with van der Waals surface area (Å²) in [5, 5.41) is 2.81. The van der Waals surface area contributed by atoms with Crippen LogP contribution >= 0.6 is 0 Å². The highest BCUT2D eigenvalue weighted by Gasteiger charge is 2.16. The molecule has 0 saturated carbocycles. The second kappa shape index (κ2) is 10.1. The Bertz CT molecular complexity index is 577. The van der Waals surface area contributed by atoms with Crippen LogP contribution in [0.2, 0.25) is 0 Å². The fourth-order valence-electron chi connectivity index (χ4n) is 2.36. The second-order valence-corrected chi connectivity index (χ2v) is 7.01. The summed E-state index contributed by atoms with van der Waals surface area (Å²) in [5.74, 6) is 0.575. The zero-order valence-electron chi connectivity index (χ0n) is 16.3. The van der Waals surface area contributed by atoms with E-state index < -0.39 is 11.7 Å². The van der Waals surface area contributed by atoms with Gasteiger partial charge in [-0.3, -0.25) is 4.98 Å². The molecule has 1 amide bonds. The van der Waals surface area contributed by atoms with E-state index >= 15 is 0 Å². The van der Waals surface area contributed by atoms with Crippen LogP contribution in [0.1, 0.15) is 70.7 Å². The van der Waals surface area contributed by atoms with Gasteiger partial charge in [0, 0.05) is 12.7 Å². The van der Waals surface area contributed by atoms with E-state index in [2.05, 4.69) is 23.8 Å². The van der Waals surface area contributed by atoms with Crippen LogP contribution in [0.25, 0.3) is 5.76 Å². The van der Waals surface area contributed by atoms with Gasteiger partial charge in [0.25, 0.3) is 0 Å². The SMILES string of the molecule is C=C(OCC)c1cc(CCCCC)c(CNC(=O)OC(C)(C)C)cn1. The Kier molecular flexibility index (Phi) is 8.46. The van der Waals surface area contributed by atoms with Gasteiger partial charge in [-0.2, -0.15) is 0 Å². The highest BCUT2D eigenvalue weighted by atomic mass is 16.6. The quantitative estimate of drug-likeness (QED) is 0.512. The molecule has 1 aromatic rings. The van der Waals surface area contributed by atoms with Gasteiger partial charge >= 0.3 is 6.09 Å². The standard InChI is InChI=1S/C20H32N2O3/c1-7-9-10-11-16-12-18(15(3)24-8-2)21-13-17(16)14-22-19(23)25-20(4,5)6/h12-13H,3,7-11,14H2,1-2,4-6H3,(H,22,23).